The van der Waals surface area contributed by atoms with Crippen molar-refractivity contribution in [2.45, 2.75) is 37.5 Å². The van der Waals surface area contributed by atoms with Gasteiger partial charge in [0.1, 0.15) is 5.69 Å². The third-order valence-electron chi connectivity index (χ3n) is 5.82. The molecule has 128 valence electrons. The monoisotopic (exact) mass is 336 g/mol. The molecule has 1 aliphatic heterocycles. The molecule has 0 bridgehead atoms. The molecule has 0 saturated carbocycles. The molecular formula is C19H20N4O2. The van der Waals surface area contributed by atoms with Crippen LogP contribution in [0.1, 0.15) is 36.2 Å². The van der Waals surface area contributed by atoms with Gasteiger partial charge in [0, 0.05) is 29.6 Å². The maximum atomic E-state index is 12.9. The lowest BCUT2D eigenvalue weighted by Gasteiger charge is -2.40. The highest BCUT2D eigenvalue weighted by Gasteiger charge is 2.44. The molecule has 25 heavy (non-hydrogen) atoms. The van der Waals surface area contributed by atoms with Gasteiger partial charge >= 0.3 is 0 Å². The molecule has 1 fully saturated rings. The number of nitrogens with one attached hydrogen (secondary N) is 1. The van der Waals surface area contributed by atoms with Crippen LogP contribution in [0.4, 0.5) is 0 Å². The van der Waals surface area contributed by atoms with Crippen molar-refractivity contribution < 1.29 is 9.32 Å². The molecule has 1 aliphatic carbocycles. The number of rotatable bonds is 2. The van der Waals surface area contributed by atoms with Crippen LogP contribution in [0, 0.1) is 0 Å². The number of benzene rings is 1. The van der Waals surface area contributed by atoms with Crippen molar-refractivity contribution in [3.05, 3.63) is 47.4 Å². The molecule has 2 aliphatic rings. The summed E-state index contributed by atoms with van der Waals surface area (Å²) < 4.78 is 5.33. The van der Waals surface area contributed by atoms with Crippen LogP contribution >= 0.6 is 0 Å². The first-order valence-electron chi connectivity index (χ1n) is 8.89. The number of fused-ring (bicyclic) bond motifs is 3. The molecule has 1 N–H and O–H groups in total. The third kappa shape index (κ3) is 2.27. The lowest BCUT2D eigenvalue weighted by molar-refractivity contribution is -0.132. The van der Waals surface area contributed by atoms with E-state index < -0.39 is 0 Å². The standard InChI is InChI=1S/C19H20N4O2/c24-17(10-15-14-4-1-2-5-16(14)25-22-15)23-9-3-7-19(12-23)8-6-13-11-20-21-18(13)19/h1-2,4-5,11H,3,6-10,12H2,(H,20,21). The van der Waals surface area contributed by atoms with Gasteiger partial charge in [-0.1, -0.05) is 17.3 Å². The van der Waals surface area contributed by atoms with Gasteiger partial charge in [-0.05, 0) is 43.4 Å². The quantitative estimate of drug-likeness (QED) is 0.780. The van der Waals surface area contributed by atoms with Gasteiger partial charge in [-0.3, -0.25) is 9.89 Å². The molecule has 6 heteroatoms. The largest absolute Gasteiger partial charge is 0.356 e. The molecule has 1 unspecified atom stereocenters. The number of H-pyrrole nitrogens is 1. The van der Waals surface area contributed by atoms with Crippen LogP contribution in [-0.2, 0) is 23.1 Å². The number of hydrogen-bond acceptors (Lipinski definition) is 4. The van der Waals surface area contributed by atoms with E-state index >= 15 is 0 Å². The number of para-hydroxylation sites is 1. The van der Waals surface area contributed by atoms with E-state index in [0.29, 0.717) is 6.42 Å². The Morgan fingerprint density at radius 1 is 1.32 bits per heavy atom. The zero-order chi connectivity index (χ0) is 16.9. The van der Waals surface area contributed by atoms with Crippen LogP contribution in [0.15, 0.2) is 35.0 Å². The van der Waals surface area contributed by atoms with Gasteiger partial charge in [0.25, 0.3) is 0 Å². The molecule has 1 amide bonds. The van der Waals surface area contributed by atoms with Gasteiger partial charge in [-0.2, -0.15) is 5.10 Å². The minimum absolute atomic E-state index is 0.0611. The van der Waals surface area contributed by atoms with Crippen molar-refractivity contribution in [1.82, 2.24) is 20.3 Å². The first-order chi connectivity index (χ1) is 12.3. The number of piperidine rings is 1. The summed E-state index contributed by atoms with van der Waals surface area (Å²) in [7, 11) is 0. The van der Waals surface area contributed by atoms with Crippen molar-refractivity contribution in [2.24, 2.45) is 0 Å². The van der Waals surface area contributed by atoms with Crippen LogP contribution in [0.5, 0.6) is 0 Å². The Balaban J connectivity index is 1.37. The highest BCUT2D eigenvalue weighted by atomic mass is 16.5. The van der Waals surface area contributed by atoms with Crippen LogP contribution in [0.25, 0.3) is 11.0 Å². The molecule has 5 rings (SSSR count). The molecule has 2 aromatic heterocycles. The lowest BCUT2D eigenvalue weighted by atomic mass is 9.77. The average Bonchev–Trinajstić information content (AvgIpc) is 3.34. The van der Waals surface area contributed by atoms with Crippen LogP contribution in [-0.4, -0.2) is 39.3 Å². The molecule has 6 nitrogen and oxygen atoms in total. The van der Waals surface area contributed by atoms with Crippen molar-refractivity contribution in [3.8, 4) is 0 Å². The summed E-state index contributed by atoms with van der Waals surface area (Å²) >= 11 is 0. The van der Waals surface area contributed by atoms with Gasteiger partial charge < -0.3 is 9.42 Å². The molecule has 1 atom stereocenters. The summed E-state index contributed by atoms with van der Waals surface area (Å²) in [4.78, 5) is 14.9. The second-order valence-corrected chi connectivity index (χ2v) is 7.27. The van der Waals surface area contributed by atoms with E-state index in [-0.39, 0.29) is 11.3 Å². The van der Waals surface area contributed by atoms with E-state index in [1.807, 2.05) is 35.4 Å². The summed E-state index contributed by atoms with van der Waals surface area (Å²) in [5, 5.41) is 12.4. The number of carbonyl (C=O) groups is 1. The minimum Gasteiger partial charge on any atom is -0.356 e. The molecule has 1 spiro atoms. The minimum atomic E-state index is 0.0611. The van der Waals surface area contributed by atoms with E-state index in [9.17, 15) is 4.79 Å². The van der Waals surface area contributed by atoms with Crippen LogP contribution < -0.4 is 0 Å². The van der Waals surface area contributed by atoms with Crippen molar-refractivity contribution >= 4 is 16.9 Å². The maximum absolute atomic E-state index is 12.9. The predicted octanol–water partition coefficient (Wildman–Crippen LogP) is 2.60. The fraction of sp³-hybridized carbons (Fsp3) is 0.421. The van der Waals surface area contributed by atoms with Gasteiger partial charge in [-0.25, -0.2) is 0 Å². The highest BCUT2D eigenvalue weighted by molar-refractivity contribution is 5.86. The van der Waals surface area contributed by atoms with Crippen LogP contribution in [0.2, 0.25) is 0 Å². The van der Waals surface area contributed by atoms with E-state index in [2.05, 4.69) is 15.4 Å². The Bertz CT molecular complexity index is 944. The first-order valence-corrected chi connectivity index (χ1v) is 8.89. The number of hydrogen-bond donors (Lipinski definition) is 1. The fourth-order valence-electron chi connectivity index (χ4n) is 4.53. The lowest BCUT2D eigenvalue weighted by Crippen LogP contribution is -2.48. The number of amides is 1. The van der Waals surface area contributed by atoms with Crippen LogP contribution in [0.3, 0.4) is 0 Å². The Hall–Kier alpha value is -2.63. The maximum Gasteiger partial charge on any atom is 0.228 e. The second-order valence-electron chi connectivity index (χ2n) is 7.27. The topological polar surface area (TPSA) is 75.0 Å². The summed E-state index contributed by atoms with van der Waals surface area (Å²) in [6.07, 6.45) is 6.55. The van der Waals surface area contributed by atoms with E-state index in [1.54, 1.807) is 0 Å². The smallest absolute Gasteiger partial charge is 0.228 e. The molecular weight excluding hydrogens is 316 g/mol. The average molecular weight is 336 g/mol. The number of likely N-dealkylation sites (tertiary alicyclic amines) is 1. The number of aromatic amines is 1. The van der Waals surface area contributed by atoms with E-state index in [1.165, 1.54) is 11.3 Å². The Morgan fingerprint density at radius 2 is 2.24 bits per heavy atom. The summed E-state index contributed by atoms with van der Waals surface area (Å²) in [5.41, 5.74) is 4.09. The first kappa shape index (κ1) is 14.7. The molecule has 1 saturated heterocycles. The number of aryl methyl sites for hydroxylation is 1. The SMILES string of the molecule is O=C(Cc1noc2ccccc12)N1CCCC2(CCc3cn[nH]c32)C1. The van der Waals surface area contributed by atoms with Gasteiger partial charge in [0.05, 0.1) is 12.6 Å². The molecule has 3 aromatic rings. The Labute approximate surface area is 145 Å². The van der Waals surface area contributed by atoms with Crippen molar-refractivity contribution in [2.75, 3.05) is 13.1 Å². The van der Waals surface area contributed by atoms with E-state index in [4.69, 9.17) is 4.52 Å². The summed E-state index contributed by atoms with van der Waals surface area (Å²) in [6.45, 7) is 1.59. The highest BCUT2D eigenvalue weighted by Crippen LogP contribution is 2.43. The third-order valence-corrected chi connectivity index (χ3v) is 5.82. The second kappa shape index (κ2) is 5.44. The predicted molar refractivity (Wildman–Crippen MR) is 92.1 cm³/mol. The van der Waals surface area contributed by atoms with Gasteiger partial charge in [0.15, 0.2) is 5.58 Å². The molecule has 3 heterocycles. The zero-order valence-electron chi connectivity index (χ0n) is 14.0. The van der Waals surface area contributed by atoms with Crippen molar-refractivity contribution in [1.29, 1.82) is 0 Å². The normalized spacial score (nSPS) is 22.6. The zero-order valence-corrected chi connectivity index (χ0v) is 14.0. The van der Waals surface area contributed by atoms with Crippen molar-refractivity contribution in [3.63, 3.8) is 0 Å². The Kier molecular flexibility index (Phi) is 3.20. The molecule has 1 aromatic carbocycles. The Morgan fingerprint density at radius 3 is 3.20 bits per heavy atom. The number of aromatic nitrogens is 3. The van der Waals surface area contributed by atoms with E-state index in [0.717, 1.165) is 55.4 Å². The fourth-order valence-corrected chi connectivity index (χ4v) is 4.53. The summed E-state index contributed by atoms with van der Waals surface area (Å²) in [5.74, 6) is 0.131. The number of carbonyl (C=O) groups excluding carboxylic acids is 1. The molecule has 0 radical (unpaired) electrons. The number of nitrogens with zero attached hydrogens (tertiary/aromatic N) is 3. The van der Waals surface area contributed by atoms with Gasteiger partial charge in [-0.15, -0.1) is 0 Å². The summed E-state index contributed by atoms with van der Waals surface area (Å²) in [6, 6.07) is 7.70. The van der Waals surface area contributed by atoms with Gasteiger partial charge in [0.2, 0.25) is 5.91 Å².